The average Bonchev–Trinajstić information content (AvgIpc) is 2.81. The summed E-state index contributed by atoms with van der Waals surface area (Å²) in [5.41, 5.74) is 3.78. The minimum absolute atomic E-state index is 1.04. The van der Waals surface area contributed by atoms with Gasteiger partial charge in [-0.1, -0.05) is 82.7 Å². The van der Waals surface area contributed by atoms with E-state index in [1.165, 1.54) is 49.4 Å². The lowest BCUT2D eigenvalue weighted by molar-refractivity contribution is 0.919. The van der Waals surface area contributed by atoms with Crippen LogP contribution in [0.3, 0.4) is 0 Å². The molecular weight excluding hydrogens is 430 g/mol. The lowest BCUT2D eigenvalue weighted by atomic mass is 9.93. The molecule has 5 aromatic rings. The van der Waals surface area contributed by atoms with Gasteiger partial charge in [0.05, 0.1) is 5.69 Å². The van der Waals surface area contributed by atoms with E-state index in [-0.39, 0.29) is 0 Å². The third-order valence-electron chi connectivity index (χ3n) is 6.12. The minimum atomic E-state index is 1.04. The molecule has 0 aliphatic heterocycles. The van der Waals surface area contributed by atoms with E-state index in [1.54, 1.807) is 0 Å². The van der Waals surface area contributed by atoms with E-state index in [9.17, 15) is 0 Å². The molecule has 0 amide bonds. The van der Waals surface area contributed by atoms with Crippen molar-refractivity contribution in [3.8, 4) is 0 Å². The molecule has 5 aromatic carbocycles. The molecule has 0 bridgehead atoms. The Hall–Kier alpha value is -3.10. The van der Waals surface area contributed by atoms with E-state index >= 15 is 0 Å². The van der Waals surface area contributed by atoms with Crippen LogP contribution in [0.5, 0.6) is 0 Å². The molecule has 144 valence electrons. The number of rotatable bonds is 3. The second-order valence-corrected chi connectivity index (χ2v) is 8.70. The lowest BCUT2D eigenvalue weighted by Crippen LogP contribution is -2.17. The monoisotopic (exact) mass is 449 g/mol. The van der Waals surface area contributed by atoms with Crippen LogP contribution in [0.4, 0.5) is 11.4 Å². The van der Waals surface area contributed by atoms with Crippen molar-refractivity contribution in [3.05, 3.63) is 107 Å². The molecule has 0 atom stereocenters. The molecule has 0 spiro atoms. The number of hydrogen-bond donors (Lipinski definition) is 0. The van der Waals surface area contributed by atoms with Crippen LogP contribution in [0.15, 0.2) is 107 Å². The van der Waals surface area contributed by atoms with Crippen molar-refractivity contribution in [3.63, 3.8) is 0 Å². The number of allylic oxidation sites excluding steroid dienone is 4. The Morgan fingerprint density at radius 1 is 0.700 bits per heavy atom. The summed E-state index contributed by atoms with van der Waals surface area (Å²) >= 11 is 3.76. The van der Waals surface area contributed by atoms with Crippen molar-refractivity contribution < 1.29 is 0 Å². The first-order chi connectivity index (χ1) is 14.8. The highest BCUT2D eigenvalue weighted by Gasteiger charge is 2.20. The third kappa shape index (κ3) is 2.68. The van der Waals surface area contributed by atoms with E-state index in [0.717, 1.165) is 17.3 Å². The SMILES string of the molecule is Brc1ccc2ccc3c(N(C4=CC=CCC4)c4ccccc4)ccc4ccc1c2c43. The molecule has 0 unspecified atom stereocenters. The van der Waals surface area contributed by atoms with Crippen molar-refractivity contribution in [1.82, 2.24) is 0 Å². The Labute approximate surface area is 184 Å². The maximum absolute atomic E-state index is 3.76. The second kappa shape index (κ2) is 7.00. The molecule has 1 aliphatic rings. The minimum Gasteiger partial charge on any atom is -0.314 e. The van der Waals surface area contributed by atoms with Crippen molar-refractivity contribution in [1.29, 1.82) is 0 Å². The highest BCUT2D eigenvalue weighted by Crippen LogP contribution is 2.44. The topological polar surface area (TPSA) is 3.24 Å². The Kier molecular flexibility index (Phi) is 4.14. The highest BCUT2D eigenvalue weighted by molar-refractivity contribution is 9.10. The van der Waals surface area contributed by atoms with Crippen molar-refractivity contribution in [2.24, 2.45) is 0 Å². The number of nitrogens with zero attached hydrogens (tertiary/aromatic N) is 1. The second-order valence-electron chi connectivity index (χ2n) is 7.85. The summed E-state index contributed by atoms with van der Waals surface area (Å²) in [6.07, 6.45) is 8.80. The first-order valence-corrected chi connectivity index (χ1v) is 11.2. The van der Waals surface area contributed by atoms with Crippen LogP contribution in [0, 0.1) is 0 Å². The van der Waals surface area contributed by atoms with Gasteiger partial charge in [-0.2, -0.15) is 0 Å². The summed E-state index contributed by atoms with van der Waals surface area (Å²) in [7, 11) is 0. The van der Waals surface area contributed by atoms with Gasteiger partial charge in [0.15, 0.2) is 0 Å². The lowest BCUT2D eigenvalue weighted by Gasteiger charge is -2.30. The molecule has 0 saturated carbocycles. The molecule has 0 fully saturated rings. The Morgan fingerprint density at radius 2 is 1.40 bits per heavy atom. The fourth-order valence-corrected chi connectivity index (χ4v) is 5.22. The number of hydrogen-bond acceptors (Lipinski definition) is 1. The average molecular weight is 450 g/mol. The maximum Gasteiger partial charge on any atom is 0.0537 e. The van der Waals surface area contributed by atoms with Gasteiger partial charge in [-0.25, -0.2) is 0 Å². The van der Waals surface area contributed by atoms with Crippen LogP contribution in [-0.4, -0.2) is 0 Å². The van der Waals surface area contributed by atoms with Gasteiger partial charge in [0.1, 0.15) is 0 Å². The number of para-hydroxylation sites is 1. The van der Waals surface area contributed by atoms with Crippen LogP contribution in [-0.2, 0) is 0 Å². The molecule has 30 heavy (non-hydrogen) atoms. The van der Waals surface area contributed by atoms with E-state index in [2.05, 4.69) is 118 Å². The molecule has 0 heterocycles. The van der Waals surface area contributed by atoms with Gasteiger partial charge >= 0.3 is 0 Å². The van der Waals surface area contributed by atoms with E-state index in [1.807, 2.05) is 0 Å². The summed E-state index contributed by atoms with van der Waals surface area (Å²) in [5, 5.41) is 7.82. The highest BCUT2D eigenvalue weighted by atomic mass is 79.9. The molecule has 2 heteroatoms. The molecule has 1 aliphatic carbocycles. The molecule has 0 N–H and O–H groups in total. The Morgan fingerprint density at radius 3 is 2.17 bits per heavy atom. The summed E-state index contributed by atoms with van der Waals surface area (Å²) in [6.45, 7) is 0. The van der Waals surface area contributed by atoms with Gasteiger partial charge in [-0.05, 0) is 70.1 Å². The van der Waals surface area contributed by atoms with Crippen LogP contribution < -0.4 is 4.90 Å². The Bertz CT molecular complexity index is 1450. The summed E-state index contributed by atoms with van der Waals surface area (Å²) in [6, 6.07) is 28.7. The molecular formula is C28H20BrN. The van der Waals surface area contributed by atoms with E-state index in [0.29, 0.717) is 0 Å². The predicted molar refractivity (Wildman–Crippen MR) is 133 cm³/mol. The van der Waals surface area contributed by atoms with Crippen molar-refractivity contribution in [2.45, 2.75) is 12.8 Å². The normalized spacial score (nSPS) is 14.0. The van der Waals surface area contributed by atoms with Crippen molar-refractivity contribution >= 4 is 59.6 Å². The predicted octanol–water partition coefficient (Wildman–Crippen LogP) is 8.72. The molecule has 6 rings (SSSR count). The fourth-order valence-electron chi connectivity index (χ4n) is 4.76. The number of benzene rings is 5. The van der Waals surface area contributed by atoms with Gasteiger partial charge in [0, 0.05) is 21.2 Å². The summed E-state index contributed by atoms with van der Waals surface area (Å²) < 4.78 is 1.15. The zero-order valence-corrected chi connectivity index (χ0v) is 18.1. The van der Waals surface area contributed by atoms with Gasteiger partial charge in [-0.15, -0.1) is 0 Å². The standard InChI is InChI=1S/C28H20BrN/c29-25-17-13-19-12-16-24-26(18-14-20-11-15-23(25)27(19)28(20)24)30(21-7-3-1-4-8-21)22-9-5-2-6-10-22/h1-5,7-9,11-18H,6,10H2. The number of halogens is 1. The van der Waals surface area contributed by atoms with Crippen molar-refractivity contribution in [2.75, 3.05) is 4.90 Å². The zero-order valence-electron chi connectivity index (χ0n) is 16.5. The van der Waals surface area contributed by atoms with Crippen LogP contribution in [0.1, 0.15) is 12.8 Å². The molecule has 1 nitrogen and oxygen atoms in total. The van der Waals surface area contributed by atoms with E-state index in [4.69, 9.17) is 0 Å². The van der Waals surface area contributed by atoms with Crippen LogP contribution in [0.25, 0.3) is 32.3 Å². The largest absolute Gasteiger partial charge is 0.314 e. The van der Waals surface area contributed by atoms with Gasteiger partial charge in [-0.3, -0.25) is 0 Å². The molecule has 0 aromatic heterocycles. The number of anilines is 2. The van der Waals surface area contributed by atoms with Crippen LogP contribution >= 0.6 is 15.9 Å². The summed E-state index contributed by atoms with van der Waals surface area (Å²) in [5.74, 6) is 0. The smallest absolute Gasteiger partial charge is 0.0537 e. The van der Waals surface area contributed by atoms with Crippen LogP contribution in [0.2, 0.25) is 0 Å². The first-order valence-electron chi connectivity index (χ1n) is 10.4. The maximum atomic E-state index is 3.76. The molecule has 0 radical (unpaired) electrons. The molecule has 0 saturated heterocycles. The zero-order chi connectivity index (χ0) is 20.1. The quantitative estimate of drug-likeness (QED) is 0.249. The Balaban J connectivity index is 1.71. The fraction of sp³-hybridized carbons (Fsp3) is 0.0714. The van der Waals surface area contributed by atoms with E-state index < -0.39 is 0 Å². The summed E-state index contributed by atoms with van der Waals surface area (Å²) in [4.78, 5) is 2.43. The van der Waals surface area contributed by atoms with Gasteiger partial charge in [0.25, 0.3) is 0 Å². The first kappa shape index (κ1) is 17.7. The van der Waals surface area contributed by atoms with Gasteiger partial charge < -0.3 is 4.90 Å². The van der Waals surface area contributed by atoms with Gasteiger partial charge in [0.2, 0.25) is 0 Å². The third-order valence-corrected chi connectivity index (χ3v) is 6.81.